The Labute approximate surface area is 282 Å². The van der Waals surface area contributed by atoms with Crippen LogP contribution < -0.4 is 0 Å². The van der Waals surface area contributed by atoms with E-state index in [2.05, 4.69) is 0 Å². The first-order valence-electron chi connectivity index (χ1n) is 12.4. The molecular weight excluding hydrogens is 713 g/mol. The Morgan fingerprint density at radius 1 is 0.439 bits per heavy atom. The molecule has 19 heteroatoms. The van der Waals surface area contributed by atoms with Crippen molar-refractivity contribution < 1.29 is 48.8 Å². The second-order valence-electron chi connectivity index (χ2n) is 6.83. The second kappa shape index (κ2) is 38.0. The maximum Gasteiger partial charge on any atom is 0.316 e. The quantitative estimate of drug-likeness (QED) is 0.0318. The molecule has 0 radical (unpaired) electrons. The average Bonchev–Trinajstić information content (AvgIpc) is 2.97. The van der Waals surface area contributed by atoms with Crippen molar-refractivity contribution in [2.45, 2.75) is 0 Å². The van der Waals surface area contributed by atoms with Crippen LogP contribution >= 0.6 is 106 Å². The van der Waals surface area contributed by atoms with Gasteiger partial charge in [0.2, 0.25) is 0 Å². The molecule has 0 atom stereocenters. The highest BCUT2D eigenvalue weighted by Crippen LogP contribution is 2.19. The highest BCUT2D eigenvalue weighted by atomic mass is 32.2. The Kier molecular flexibility index (Phi) is 39.8. The van der Waals surface area contributed by atoms with Crippen LogP contribution in [0.15, 0.2) is 0 Å². The van der Waals surface area contributed by atoms with Crippen molar-refractivity contribution in [1.29, 1.82) is 0 Å². The molecule has 0 aromatic rings. The van der Waals surface area contributed by atoms with E-state index >= 15 is 0 Å². The minimum Gasteiger partial charge on any atom is -0.464 e. The Hall–Kier alpha value is 1.85. The number of hydrogen-bond donors (Lipinski definition) is 2. The first-order valence-corrected chi connectivity index (χ1v) is 22.8. The maximum atomic E-state index is 11.8. The van der Waals surface area contributed by atoms with E-state index in [9.17, 15) is 9.59 Å². The maximum absolute atomic E-state index is 11.8. The fourth-order valence-electron chi connectivity index (χ4n) is 1.97. The predicted octanol–water partition coefficient (Wildman–Crippen LogP) is 4.30. The zero-order valence-electron chi connectivity index (χ0n) is 23.0. The molecule has 0 aromatic carbocycles. The van der Waals surface area contributed by atoms with Crippen LogP contribution in [-0.4, -0.2) is 140 Å². The third-order valence-electron chi connectivity index (χ3n) is 3.60. The standard InChI is InChI=1S/C22H42O10S9/c23-1-7-33-9-3-27-21(25)13-37-17-36-12-6-31-32-16-40-20-41-19-39-15-28-22(26)14-38-18-35-11-5-30-29-4-10-34-8-2-24/h23-24H,1-20H2. The summed E-state index contributed by atoms with van der Waals surface area (Å²) in [5, 5.41) is 20.6. The van der Waals surface area contributed by atoms with Crippen LogP contribution in [0.4, 0.5) is 0 Å². The molecule has 0 spiro atoms. The fraction of sp³-hybridized carbons (Fsp3) is 0.909. The molecule has 0 saturated carbocycles. The fourth-order valence-corrected chi connectivity index (χ4v) is 9.17. The number of thioether (sulfide) groups is 9. The molecule has 244 valence electrons. The van der Waals surface area contributed by atoms with E-state index in [1.165, 1.54) is 23.5 Å². The Bertz CT molecular complexity index is 574. The second-order valence-corrected chi connectivity index (χ2v) is 17.8. The molecule has 41 heavy (non-hydrogen) atoms. The predicted molar refractivity (Wildman–Crippen MR) is 187 cm³/mol. The van der Waals surface area contributed by atoms with Crippen molar-refractivity contribution in [3.63, 3.8) is 0 Å². The van der Waals surface area contributed by atoms with Crippen molar-refractivity contribution in [3.8, 4) is 0 Å². The van der Waals surface area contributed by atoms with Gasteiger partial charge in [-0.05, 0) is 0 Å². The van der Waals surface area contributed by atoms with Crippen molar-refractivity contribution >= 4 is 118 Å². The van der Waals surface area contributed by atoms with Crippen LogP contribution in [0, 0.1) is 0 Å². The number of hydrogen-bond acceptors (Lipinski definition) is 19. The SMILES string of the molecule is O=C(CSCSCCOOCSCSCSCOC(=O)CSCSCCOOCCSCCO)OCCSCCO. The van der Waals surface area contributed by atoms with Crippen molar-refractivity contribution in [2.75, 3.05) is 118 Å². The molecule has 0 bridgehead atoms. The van der Waals surface area contributed by atoms with E-state index in [-0.39, 0.29) is 25.2 Å². The Morgan fingerprint density at radius 2 is 0.902 bits per heavy atom. The summed E-state index contributed by atoms with van der Waals surface area (Å²) >= 11 is 14.5. The third-order valence-corrected chi connectivity index (χ3v) is 13.1. The van der Waals surface area contributed by atoms with E-state index < -0.39 is 0 Å². The van der Waals surface area contributed by atoms with E-state index in [0.717, 1.165) is 37.6 Å². The molecule has 0 unspecified atom stereocenters. The number of carbonyl (C=O) groups is 2. The summed E-state index contributed by atoms with van der Waals surface area (Å²) in [6, 6.07) is 0. The summed E-state index contributed by atoms with van der Waals surface area (Å²) in [5.41, 5.74) is 0. The van der Waals surface area contributed by atoms with E-state index in [0.29, 0.717) is 67.1 Å². The van der Waals surface area contributed by atoms with Gasteiger partial charge in [0, 0.05) is 54.9 Å². The number of esters is 2. The summed E-state index contributed by atoms with van der Waals surface area (Å²) in [7, 11) is 0. The van der Waals surface area contributed by atoms with Crippen molar-refractivity contribution in [3.05, 3.63) is 0 Å². The Balaban J connectivity index is 3.19. The monoisotopic (exact) mass is 754 g/mol. The lowest BCUT2D eigenvalue weighted by atomic mass is 10.8. The largest absolute Gasteiger partial charge is 0.464 e. The van der Waals surface area contributed by atoms with Gasteiger partial charge in [-0.25, -0.2) is 19.6 Å². The van der Waals surface area contributed by atoms with E-state index in [4.69, 9.17) is 39.2 Å². The molecule has 0 aliphatic carbocycles. The lowest BCUT2D eigenvalue weighted by Gasteiger charge is -2.06. The lowest BCUT2D eigenvalue weighted by molar-refractivity contribution is -0.285. The van der Waals surface area contributed by atoms with Gasteiger partial charge in [-0.3, -0.25) is 9.59 Å². The van der Waals surface area contributed by atoms with Crippen molar-refractivity contribution in [2.24, 2.45) is 0 Å². The van der Waals surface area contributed by atoms with Crippen LogP contribution in [0.2, 0.25) is 0 Å². The molecule has 0 fully saturated rings. The normalized spacial score (nSPS) is 11.2. The van der Waals surface area contributed by atoms with Gasteiger partial charge in [-0.15, -0.1) is 82.3 Å². The topological polar surface area (TPSA) is 130 Å². The smallest absolute Gasteiger partial charge is 0.316 e. The van der Waals surface area contributed by atoms with E-state index in [1.807, 2.05) is 0 Å². The van der Waals surface area contributed by atoms with Crippen LogP contribution in [0.5, 0.6) is 0 Å². The van der Waals surface area contributed by atoms with Crippen molar-refractivity contribution in [1.82, 2.24) is 0 Å². The summed E-state index contributed by atoms with van der Waals surface area (Å²) in [5.74, 6) is 5.53. The Morgan fingerprint density at radius 3 is 1.49 bits per heavy atom. The van der Waals surface area contributed by atoms with Gasteiger partial charge < -0.3 is 19.7 Å². The molecular formula is C22H42O10S9. The van der Waals surface area contributed by atoms with Gasteiger partial charge >= 0.3 is 11.9 Å². The minimum absolute atomic E-state index is 0.143. The minimum atomic E-state index is -0.207. The van der Waals surface area contributed by atoms with Gasteiger partial charge in [0.05, 0.1) is 44.5 Å². The third kappa shape index (κ3) is 37.9. The molecule has 0 aromatic heterocycles. The van der Waals surface area contributed by atoms with Gasteiger partial charge in [0.15, 0.2) is 0 Å². The zero-order chi connectivity index (χ0) is 29.9. The average molecular weight is 755 g/mol. The first-order chi connectivity index (χ1) is 20.2. The number of carbonyl (C=O) groups excluding carboxylic acids is 2. The van der Waals surface area contributed by atoms with Crippen LogP contribution in [0.25, 0.3) is 0 Å². The van der Waals surface area contributed by atoms with E-state index in [1.54, 1.807) is 82.3 Å². The molecule has 0 rings (SSSR count). The van der Waals surface area contributed by atoms with Gasteiger partial charge in [-0.1, -0.05) is 0 Å². The van der Waals surface area contributed by atoms with Gasteiger partial charge in [0.1, 0.15) is 18.5 Å². The molecule has 0 amide bonds. The number of ether oxygens (including phenoxy) is 2. The van der Waals surface area contributed by atoms with Crippen LogP contribution in [-0.2, 0) is 38.6 Å². The van der Waals surface area contributed by atoms with Gasteiger partial charge in [-0.2, -0.15) is 23.5 Å². The summed E-state index contributed by atoms with van der Waals surface area (Å²) < 4.78 is 10.3. The summed E-state index contributed by atoms with van der Waals surface area (Å²) in [4.78, 5) is 43.7. The van der Waals surface area contributed by atoms with Crippen LogP contribution in [0.3, 0.4) is 0 Å². The zero-order valence-corrected chi connectivity index (χ0v) is 30.3. The van der Waals surface area contributed by atoms with Crippen LogP contribution in [0.1, 0.15) is 0 Å². The first kappa shape index (κ1) is 42.9. The number of aliphatic hydroxyl groups excluding tert-OH is 2. The molecule has 0 aliphatic rings. The molecule has 0 heterocycles. The number of aliphatic hydroxyl groups is 2. The molecule has 0 aliphatic heterocycles. The lowest BCUT2D eigenvalue weighted by Crippen LogP contribution is -2.10. The van der Waals surface area contributed by atoms with Gasteiger partial charge in [0.25, 0.3) is 0 Å². The highest BCUT2D eigenvalue weighted by Gasteiger charge is 2.04. The molecule has 0 saturated heterocycles. The molecule has 10 nitrogen and oxygen atoms in total. The number of rotatable bonds is 34. The summed E-state index contributed by atoms with van der Waals surface area (Å²) in [6.45, 7) is 2.20. The summed E-state index contributed by atoms with van der Waals surface area (Å²) in [6.07, 6.45) is 0. The highest BCUT2D eigenvalue weighted by molar-refractivity contribution is 8.22. The molecule has 2 N–H and O–H groups in total.